The number of amides is 2. The molecule has 0 bridgehead atoms. The third-order valence-corrected chi connectivity index (χ3v) is 5.83. The Morgan fingerprint density at radius 1 is 1.09 bits per heavy atom. The van der Waals surface area contributed by atoms with Crippen LogP contribution in [0.25, 0.3) is 0 Å². The molecule has 0 unspecified atom stereocenters. The summed E-state index contributed by atoms with van der Waals surface area (Å²) >= 11 is 0. The first kappa shape index (κ1) is 20.0. The van der Waals surface area contributed by atoms with E-state index in [9.17, 15) is 9.59 Å². The van der Waals surface area contributed by atoms with Crippen LogP contribution >= 0.6 is 0 Å². The van der Waals surface area contributed by atoms with Crippen LogP contribution in [0.5, 0.6) is 0 Å². The fourth-order valence-corrected chi connectivity index (χ4v) is 4.18. The summed E-state index contributed by atoms with van der Waals surface area (Å²) in [6, 6.07) is 15.7. The highest BCUT2D eigenvalue weighted by Gasteiger charge is 2.26. The van der Waals surface area contributed by atoms with Crippen molar-refractivity contribution in [1.29, 1.82) is 0 Å². The van der Waals surface area contributed by atoms with E-state index in [1.54, 1.807) is 23.4 Å². The predicted molar refractivity (Wildman–Crippen MR) is 123 cm³/mol. The molecule has 2 amide bonds. The summed E-state index contributed by atoms with van der Waals surface area (Å²) in [6.07, 6.45) is 4.27. The zero-order valence-electron chi connectivity index (χ0n) is 17.6. The molecule has 0 saturated carbocycles. The minimum Gasteiger partial charge on any atom is -0.369 e. The standard InChI is InChI=1S/C24H24N6O2/c31-22-15-28-23-21(30(22)16-19-6-3-4-9-25-19)13-18(14-27-23)24(32)26-10-12-29-11-8-17-5-1-2-7-20(17)29/h1-7,9,13-14H,8,10-12,15-16H2,(H,26,32)(H,27,28). The molecule has 2 aromatic heterocycles. The Labute approximate surface area is 186 Å². The smallest absolute Gasteiger partial charge is 0.252 e. The minimum atomic E-state index is -0.205. The Balaban J connectivity index is 1.26. The molecule has 2 aliphatic heterocycles. The normalized spacial score (nSPS) is 14.6. The fraction of sp³-hybridized carbons (Fsp3) is 0.250. The van der Waals surface area contributed by atoms with Gasteiger partial charge in [0.1, 0.15) is 0 Å². The molecule has 0 aliphatic carbocycles. The molecule has 0 spiro atoms. The molecule has 0 radical (unpaired) electrons. The Hall–Kier alpha value is -3.94. The average Bonchev–Trinajstić information content (AvgIpc) is 3.24. The van der Waals surface area contributed by atoms with E-state index < -0.39 is 0 Å². The van der Waals surface area contributed by atoms with Gasteiger partial charge in [-0.25, -0.2) is 4.98 Å². The second-order valence-corrected chi connectivity index (χ2v) is 7.87. The van der Waals surface area contributed by atoms with Crippen LogP contribution in [-0.4, -0.2) is 48.0 Å². The predicted octanol–water partition coefficient (Wildman–Crippen LogP) is 2.23. The lowest BCUT2D eigenvalue weighted by molar-refractivity contribution is -0.117. The van der Waals surface area contributed by atoms with Crippen LogP contribution in [0.1, 0.15) is 21.6 Å². The third-order valence-electron chi connectivity index (χ3n) is 5.83. The molecule has 2 aliphatic rings. The van der Waals surface area contributed by atoms with Crippen LogP contribution in [0.4, 0.5) is 17.2 Å². The number of fused-ring (bicyclic) bond motifs is 2. The summed E-state index contributed by atoms with van der Waals surface area (Å²) in [7, 11) is 0. The number of rotatable bonds is 6. The monoisotopic (exact) mass is 428 g/mol. The van der Waals surface area contributed by atoms with Gasteiger partial charge in [0.15, 0.2) is 5.82 Å². The van der Waals surface area contributed by atoms with E-state index in [-0.39, 0.29) is 18.4 Å². The van der Waals surface area contributed by atoms with Gasteiger partial charge in [-0.3, -0.25) is 14.6 Å². The lowest BCUT2D eigenvalue weighted by Gasteiger charge is -2.29. The first-order valence-electron chi connectivity index (χ1n) is 10.7. The first-order chi connectivity index (χ1) is 15.7. The maximum absolute atomic E-state index is 12.8. The van der Waals surface area contributed by atoms with Crippen molar-refractivity contribution in [2.75, 3.05) is 41.3 Å². The molecule has 5 rings (SSSR count). The molecule has 0 fully saturated rings. The summed E-state index contributed by atoms with van der Waals surface area (Å²) < 4.78 is 0. The summed E-state index contributed by atoms with van der Waals surface area (Å²) in [5, 5.41) is 6.01. The van der Waals surface area contributed by atoms with Crippen LogP contribution in [0, 0.1) is 0 Å². The van der Waals surface area contributed by atoms with Crippen molar-refractivity contribution in [2.24, 2.45) is 0 Å². The molecule has 3 aromatic rings. The molecule has 8 heteroatoms. The second-order valence-electron chi connectivity index (χ2n) is 7.87. The highest BCUT2D eigenvalue weighted by Crippen LogP contribution is 2.30. The van der Waals surface area contributed by atoms with Crippen LogP contribution in [0.3, 0.4) is 0 Å². The van der Waals surface area contributed by atoms with E-state index in [1.807, 2.05) is 24.3 Å². The number of anilines is 3. The summed E-state index contributed by atoms with van der Waals surface area (Å²) in [6.45, 7) is 2.73. The summed E-state index contributed by atoms with van der Waals surface area (Å²) in [5.41, 5.74) is 4.38. The van der Waals surface area contributed by atoms with E-state index in [0.717, 1.165) is 25.2 Å². The largest absolute Gasteiger partial charge is 0.369 e. The number of benzene rings is 1. The maximum Gasteiger partial charge on any atom is 0.252 e. The van der Waals surface area contributed by atoms with Crippen molar-refractivity contribution < 1.29 is 9.59 Å². The van der Waals surface area contributed by atoms with Gasteiger partial charge >= 0.3 is 0 Å². The Morgan fingerprint density at radius 2 is 1.97 bits per heavy atom. The highest BCUT2D eigenvalue weighted by atomic mass is 16.2. The number of para-hydroxylation sites is 1. The van der Waals surface area contributed by atoms with E-state index in [0.29, 0.717) is 30.2 Å². The lowest BCUT2D eigenvalue weighted by Crippen LogP contribution is -2.40. The minimum absolute atomic E-state index is 0.0878. The molecular formula is C24H24N6O2. The zero-order chi connectivity index (χ0) is 21.9. The molecule has 32 heavy (non-hydrogen) atoms. The summed E-state index contributed by atoms with van der Waals surface area (Å²) in [5.74, 6) is 0.296. The summed E-state index contributed by atoms with van der Waals surface area (Å²) in [4.78, 5) is 38.0. The highest BCUT2D eigenvalue weighted by molar-refractivity contribution is 6.04. The number of carbonyl (C=O) groups excluding carboxylic acids is 2. The van der Waals surface area contributed by atoms with Crippen molar-refractivity contribution >= 4 is 29.0 Å². The van der Waals surface area contributed by atoms with E-state index in [4.69, 9.17) is 0 Å². The molecule has 0 atom stereocenters. The number of hydrogen-bond acceptors (Lipinski definition) is 6. The fourth-order valence-electron chi connectivity index (χ4n) is 4.18. The van der Waals surface area contributed by atoms with Gasteiger partial charge < -0.3 is 20.4 Å². The second kappa shape index (κ2) is 8.66. The van der Waals surface area contributed by atoms with Crippen molar-refractivity contribution in [3.63, 3.8) is 0 Å². The quantitative estimate of drug-likeness (QED) is 0.626. The Morgan fingerprint density at radius 3 is 2.84 bits per heavy atom. The average molecular weight is 428 g/mol. The van der Waals surface area contributed by atoms with Gasteiger partial charge in [0.25, 0.3) is 5.91 Å². The molecule has 8 nitrogen and oxygen atoms in total. The van der Waals surface area contributed by atoms with Gasteiger partial charge in [-0.05, 0) is 36.2 Å². The van der Waals surface area contributed by atoms with Crippen molar-refractivity contribution in [2.45, 2.75) is 13.0 Å². The number of nitrogens with zero attached hydrogens (tertiary/aromatic N) is 4. The van der Waals surface area contributed by atoms with Gasteiger partial charge in [-0.1, -0.05) is 24.3 Å². The first-order valence-corrected chi connectivity index (χ1v) is 10.7. The zero-order valence-corrected chi connectivity index (χ0v) is 17.6. The molecule has 4 heterocycles. The SMILES string of the molecule is O=C(NCCN1CCc2ccccc21)c1cnc2c(c1)N(Cc1ccccn1)C(=O)CN2. The topological polar surface area (TPSA) is 90.5 Å². The van der Waals surface area contributed by atoms with Gasteiger partial charge in [0.05, 0.1) is 30.0 Å². The molecule has 162 valence electrons. The number of carbonyl (C=O) groups is 2. The van der Waals surface area contributed by atoms with Crippen molar-refractivity contribution in [3.05, 3.63) is 77.7 Å². The van der Waals surface area contributed by atoms with Crippen LogP contribution in [0.15, 0.2) is 60.9 Å². The van der Waals surface area contributed by atoms with E-state index in [1.165, 1.54) is 11.3 Å². The molecule has 1 aromatic carbocycles. The lowest BCUT2D eigenvalue weighted by atomic mass is 10.1. The maximum atomic E-state index is 12.8. The van der Waals surface area contributed by atoms with Crippen LogP contribution in [0.2, 0.25) is 0 Å². The number of pyridine rings is 2. The number of hydrogen-bond donors (Lipinski definition) is 2. The van der Waals surface area contributed by atoms with Gasteiger partial charge in [-0.2, -0.15) is 0 Å². The van der Waals surface area contributed by atoms with Crippen molar-refractivity contribution in [1.82, 2.24) is 15.3 Å². The van der Waals surface area contributed by atoms with Gasteiger partial charge in [0.2, 0.25) is 5.91 Å². The molecule has 2 N–H and O–H groups in total. The molecule has 0 saturated heterocycles. The van der Waals surface area contributed by atoms with Crippen LogP contribution in [-0.2, 0) is 17.8 Å². The third kappa shape index (κ3) is 3.99. The van der Waals surface area contributed by atoms with E-state index in [2.05, 4.69) is 43.7 Å². The van der Waals surface area contributed by atoms with Gasteiger partial charge in [0, 0.05) is 37.7 Å². The Bertz CT molecular complexity index is 1150. The molecular weight excluding hydrogens is 404 g/mol. The van der Waals surface area contributed by atoms with E-state index >= 15 is 0 Å². The van der Waals surface area contributed by atoms with Crippen molar-refractivity contribution in [3.8, 4) is 0 Å². The van der Waals surface area contributed by atoms with Crippen LogP contribution < -0.4 is 20.4 Å². The number of aromatic nitrogens is 2. The Kier molecular flexibility index (Phi) is 5.41. The number of nitrogens with one attached hydrogen (secondary N) is 2. The van der Waals surface area contributed by atoms with Gasteiger partial charge in [-0.15, -0.1) is 0 Å².